The Hall–Kier alpha value is -1.01. The summed E-state index contributed by atoms with van der Waals surface area (Å²) in [6.07, 6.45) is 5.64. The Bertz CT molecular complexity index is 394. The lowest BCUT2D eigenvalue weighted by Crippen LogP contribution is -2.51. The van der Waals surface area contributed by atoms with Crippen molar-refractivity contribution >= 4 is 23.6 Å². The van der Waals surface area contributed by atoms with Crippen LogP contribution in [0.15, 0.2) is 12.7 Å². The highest BCUT2D eigenvalue weighted by Gasteiger charge is 2.36. The predicted octanol–water partition coefficient (Wildman–Crippen LogP) is 0.846. The molecule has 0 spiro atoms. The number of likely N-dealkylation sites (tertiary alicyclic amines) is 2. The van der Waals surface area contributed by atoms with Crippen molar-refractivity contribution in [2.75, 3.05) is 31.1 Å². The fourth-order valence-electron chi connectivity index (χ4n) is 3.30. The van der Waals surface area contributed by atoms with E-state index in [1.54, 1.807) is 11.8 Å². The first-order valence-corrected chi connectivity index (χ1v) is 8.80. The lowest BCUT2D eigenvalue weighted by atomic mass is 10.0. The maximum Gasteiger partial charge on any atom is 0.234 e. The third-order valence-electron chi connectivity index (χ3n) is 4.37. The van der Waals surface area contributed by atoms with Gasteiger partial charge in [-0.3, -0.25) is 14.5 Å². The van der Waals surface area contributed by atoms with Crippen LogP contribution in [0.4, 0.5) is 0 Å². The van der Waals surface area contributed by atoms with E-state index in [0.717, 1.165) is 51.1 Å². The molecule has 5 nitrogen and oxygen atoms in total. The number of carbonyl (C=O) groups excluding carboxylic acids is 2. The summed E-state index contributed by atoms with van der Waals surface area (Å²) in [5.41, 5.74) is 5.48. The van der Waals surface area contributed by atoms with Crippen molar-refractivity contribution in [1.82, 2.24) is 9.80 Å². The van der Waals surface area contributed by atoms with Gasteiger partial charge < -0.3 is 10.6 Å². The van der Waals surface area contributed by atoms with Gasteiger partial charge in [0.05, 0.1) is 11.8 Å². The van der Waals surface area contributed by atoms with Crippen LogP contribution in [-0.4, -0.2) is 64.8 Å². The minimum Gasteiger partial charge on any atom is -0.368 e. The van der Waals surface area contributed by atoms with E-state index >= 15 is 0 Å². The van der Waals surface area contributed by atoms with Gasteiger partial charge in [-0.2, -0.15) is 0 Å². The van der Waals surface area contributed by atoms with Crippen LogP contribution < -0.4 is 5.73 Å². The summed E-state index contributed by atoms with van der Waals surface area (Å²) >= 11 is 1.60. The van der Waals surface area contributed by atoms with Crippen LogP contribution in [0.5, 0.6) is 0 Å². The summed E-state index contributed by atoms with van der Waals surface area (Å²) in [4.78, 5) is 27.7. The van der Waals surface area contributed by atoms with Crippen LogP contribution in [0.25, 0.3) is 0 Å². The number of nitrogens with zero attached hydrogens (tertiary/aromatic N) is 2. The largest absolute Gasteiger partial charge is 0.368 e. The van der Waals surface area contributed by atoms with Gasteiger partial charge in [0, 0.05) is 24.9 Å². The predicted molar refractivity (Wildman–Crippen MR) is 86.0 cm³/mol. The number of amides is 2. The molecule has 0 unspecified atom stereocenters. The molecule has 2 aliphatic heterocycles. The number of nitrogens with two attached hydrogens (primary N) is 1. The van der Waals surface area contributed by atoms with Crippen molar-refractivity contribution < 1.29 is 9.59 Å². The highest BCUT2D eigenvalue weighted by molar-refractivity contribution is 8.00. The number of primary amides is 1. The molecule has 118 valence electrons. The van der Waals surface area contributed by atoms with E-state index in [-0.39, 0.29) is 17.9 Å². The average molecular weight is 311 g/mol. The molecule has 0 aliphatic carbocycles. The van der Waals surface area contributed by atoms with E-state index in [4.69, 9.17) is 5.73 Å². The van der Waals surface area contributed by atoms with Gasteiger partial charge in [-0.1, -0.05) is 6.08 Å². The van der Waals surface area contributed by atoms with E-state index in [1.807, 2.05) is 11.0 Å². The zero-order valence-electron chi connectivity index (χ0n) is 12.5. The Balaban J connectivity index is 1.79. The molecule has 1 atom stereocenters. The molecule has 2 saturated heterocycles. The number of hydrogen-bond donors (Lipinski definition) is 1. The first-order valence-electron chi connectivity index (χ1n) is 7.65. The minimum atomic E-state index is -0.202. The molecule has 2 fully saturated rings. The third-order valence-corrected chi connectivity index (χ3v) is 5.29. The first-order chi connectivity index (χ1) is 10.1. The molecule has 0 saturated carbocycles. The quantitative estimate of drug-likeness (QED) is 0.583. The molecule has 6 heteroatoms. The molecule has 2 amide bonds. The van der Waals surface area contributed by atoms with Crippen molar-refractivity contribution in [3.8, 4) is 0 Å². The number of piperidine rings is 1. The molecular weight excluding hydrogens is 286 g/mol. The lowest BCUT2D eigenvalue weighted by Gasteiger charge is -2.38. The van der Waals surface area contributed by atoms with Gasteiger partial charge in [0.1, 0.15) is 0 Å². The monoisotopic (exact) mass is 311 g/mol. The van der Waals surface area contributed by atoms with E-state index in [1.165, 1.54) is 0 Å². The van der Waals surface area contributed by atoms with Crippen LogP contribution in [0, 0.1) is 0 Å². The number of carbonyl (C=O) groups is 2. The van der Waals surface area contributed by atoms with Gasteiger partial charge in [-0.25, -0.2) is 0 Å². The lowest BCUT2D eigenvalue weighted by molar-refractivity contribution is -0.131. The summed E-state index contributed by atoms with van der Waals surface area (Å²) in [5, 5.41) is 0. The van der Waals surface area contributed by atoms with Gasteiger partial charge in [0.2, 0.25) is 11.8 Å². The maximum atomic E-state index is 12.1. The maximum absolute atomic E-state index is 12.1. The van der Waals surface area contributed by atoms with E-state index in [0.29, 0.717) is 11.8 Å². The average Bonchev–Trinajstić information content (AvgIpc) is 2.97. The first kappa shape index (κ1) is 16.4. The Morgan fingerprint density at radius 3 is 2.57 bits per heavy atom. The summed E-state index contributed by atoms with van der Waals surface area (Å²) < 4.78 is 0. The number of hydrogen-bond acceptors (Lipinski definition) is 4. The van der Waals surface area contributed by atoms with Crippen molar-refractivity contribution in [2.24, 2.45) is 5.73 Å². The topological polar surface area (TPSA) is 66.6 Å². The van der Waals surface area contributed by atoms with E-state index in [2.05, 4.69) is 11.5 Å². The Labute approximate surface area is 130 Å². The SMILES string of the molecule is C=CCSCC(=O)N1CCC(N2CCC[C@H]2C(N)=O)CC1. The second kappa shape index (κ2) is 7.84. The van der Waals surface area contributed by atoms with Crippen molar-refractivity contribution in [3.05, 3.63) is 12.7 Å². The standard InChI is InChI=1S/C15H25N3O2S/c1-2-10-21-11-14(19)17-8-5-12(6-9-17)18-7-3-4-13(18)15(16)20/h2,12-13H,1,3-11H2,(H2,16,20)/t13-/m0/s1. The van der Waals surface area contributed by atoms with Crippen molar-refractivity contribution in [2.45, 2.75) is 37.8 Å². The molecule has 0 aromatic carbocycles. The Morgan fingerprint density at radius 2 is 1.95 bits per heavy atom. The van der Waals surface area contributed by atoms with Crippen LogP contribution >= 0.6 is 11.8 Å². The third kappa shape index (κ3) is 4.23. The molecular formula is C15H25N3O2S. The smallest absolute Gasteiger partial charge is 0.234 e. The fraction of sp³-hybridized carbons (Fsp3) is 0.733. The van der Waals surface area contributed by atoms with Crippen molar-refractivity contribution in [3.63, 3.8) is 0 Å². The number of rotatable bonds is 6. The highest BCUT2D eigenvalue weighted by atomic mass is 32.2. The van der Waals surface area contributed by atoms with Gasteiger partial charge in [-0.05, 0) is 32.2 Å². The van der Waals surface area contributed by atoms with Gasteiger partial charge in [0.25, 0.3) is 0 Å². The molecule has 21 heavy (non-hydrogen) atoms. The summed E-state index contributed by atoms with van der Waals surface area (Å²) in [6.45, 7) is 6.20. The molecule has 0 radical (unpaired) electrons. The number of thioether (sulfide) groups is 1. The molecule has 2 N–H and O–H groups in total. The van der Waals surface area contributed by atoms with Crippen LogP contribution in [0.1, 0.15) is 25.7 Å². The highest BCUT2D eigenvalue weighted by Crippen LogP contribution is 2.26. The Morgan fingerprint density at radius 1 is 1.24 bits per heavy atom. The molecule has 0 bridgehead atoms. The van der Waals surface area contributed by atoms with Crippen LogP contribution in [0.2, 0.25) is 0 Å². The molecule has 0 aromatic heterocycles. The van der Waals surface area contributed by atoms with Crippen LogP contribution in [-0.2, 0) is 9.59 Å². The van der Waals surface area contributed by atoms with E-state index in [9.17, 15) is 9.59 Å². The molecule has 2 rings (SSSR count). The summed E-state index contributed by atoms with van der Waals surface area (Å²) in [6, 6.07) is 0.301. The van der Waals surface area contributed by atoms with Gasteiger partial charge >= 0.3 is 0 Å². The second-order valence-electron chi connectivity index (χ2n) is 5.71. The normalized spacial score (nSPS) is 24.2. The fourth-order valence-corrected chi connectivity index (χ4v) is 3.94. The molecule has 2 aliphatic rings. The molecule has 0 aromatic rings. The van der Waals surface area contributed by atoms with E-state index < -0.39 is 0 Å². The van der Waals surface area contributed by atoms with Crippen LogP contribution in [0.3, 0.4) is 0 Å². The zero-order valence-corrected chi connectivity index (χ0v) is 13.3. The minimum absolute atomic E-state index is 0.0969. The van der Waals surface area contributed by atoms with Gasteiger partial charge in [0.15, 0.2) is 0 Å². The summed E-state index contributed by atoms with van der Waals surface area (Å²) in [7, 11) is 0. The summed E-state index contributed by atoms with van der Waals surface area (Å²) in [5.74, 6) is 1.36. The molecule has 2 heterocycles. The second-order valence-corrected chi connectivity index (χ2v) is 6.74. The van der Waals surface area contributed by atoms with Crippen molar-refractivity contribution in [1.29, 1.82) is 0 Å². The Kier molecular flexibility index (Phi) is 6.11. The van der Waals surface area contributed by atoms with Gasteiger partial charge in [-0.15, -0.1) is 18.3 Å². The zero-order chi connectivity index (χ0) is 15.2.